The molecule has 0 saturated carbocycles. The second kappa shape index (κ2) is 12.4. The maximum Gasteiger partial charge on any atom is 0.261 e. The summed E-state index contributed by atoms with van der Waals surface area (Å²) < 4.78 is 11.5. The SMILES string of the molecule is COCCNC(=O)c1ccccc1NC(=S)NC(=O)c1cc(Br)ccc1OCC(C)C. The van der Waals surface area contributed by atoms with Gasteiger partial charge in [-0.1, -0.05) is 41.9 Å². The average Bonchev–Trinajstić information content (AvgIpc) is 2.73. The van der Waals surface area contributed by atoms with Crippen molar-refractivity contribution in [3.63, 3.8) is 0 Å². The van der Waals surface area contributed by atoms with Crippen molar-refractivity contribution in [3.8, 4) is 5.75 Å². The van der Waals surface area contributed by atoms with Gasteiger partial charge in [-0.15, -0.1) is 0 Å². The molecule has 0 aliphatic heterocycles. The van der Waals surface area contributed by atoms with E-state index in [1.165, 1.54) is 0 Å². The number of halogens is 1. The molecule has 2 aromatic rings. The van der Waals surface area contributed by atoms with Crippen molar-refractivity contribution in [2.75, 3.05) is 32.2 Å². The molecule has 0 radical (unpaired) electrons. The molecule has 0 fully saturated rings. The quantitative estimate of drug-likeness (QED) is 0.351. The van der Waals surface area contributed by atoms with Crippen LogP contribution in [0.2, 0.25) is 0 Å². The van der Waals surface area contributed by atoms with Crippen LogP contribution in [0.5, 0.6) is 5.75 Å². The Labute approximate surface area is 196 Å². The molecule has 0 atom stereocenters. The Kier molecular flexibility index (Phi) is 9.90. The van der Waals surface area contributed by atoms with Crippen LogP contribution in [-0.2, 0) is 4.74 Å². The van der Waals surface area contributed by atoms with E-state index in [4.69, 9.17) is 21.7 Å². The molecule has 7 nitrogen and oxygen atoms in total. The van der Waals surface area contributed by atoms with Crippen LogP contribution < -0.4 is 20.7 Å². The number of thiocarbonyl (C=S) groups is 1. The van der Waals surface area contributed by atoms with Crippen molar-refractivity contribution >= 4 is 50.8 Å². The molecular weight excluding hydrogens is 482 g/mol. The average molecular weight is 508 g/mol. The molecule has 0 saturated heterocycles. The Bertz CT molecular complexity index is 937. The maximum absolute atomic E-state index is 12.8. The van der Waals surface area contributed by atoms with E-state index < -0.39 is 5.91 Å². The van der Waals surface area contributed by atoms with Gasteiger partial charge < -0.3 is 20.1 Å². The minimum atomic E-state index is -0.417. The lowest BCUT2D eigenvalue weighted by Gasteiger charge is -2.16. The van der Waals surface area contributed by atoms with Crippen molar-refractivity contribution in [3.05, 3.63) is 58.1 Å². The lowest BCUT2D eigenvalue weighted by atomic mass is 10.1. The number of carbonyl (C=O) groups excluding carboxylic acids is 2. The molecule has 0 heterocycles. The summed E-state index contributed by atoms with van der Waals surface area (Å²) in [7, 11) is 1.56. The van der Waals surface area contributed by atoms with Crippen LogP contribution in [0.25, 0.3) is 0 Å². The summed E-state index contributed by atoms with van der Waals surface area (Å²) in [6.45, 7) is 5.33. The van der Waals surface area contributed by atoms with E-state index in [2.05, 4.69) is 31.9 Å². The number of rotatable bonds is 9. The minimum Gasteiger partial charge on any atom is -0.492 e. The number of anilines is 1. The lowest BCUT2D eigenvalue weighted by Crippen LogP contribution is -2.35. The summed E-state index contributed by atoms with van der Waals surface area (Å²) in [5.74, 6) is 0.0918. The van der Waals surface area contributed by atoms with Crippen LogP contribution in [0.15, 0.2) is 46.9 Å². The third-order valence-electron chi connectivity index (χ3n) is 4.00. The topological polar surface area (TPSA) is 88.7 Å². The first-order valence-corrected chi connectivity index (χ1v) is 10.9. The van der Waals surface area contributed by atoms with Crippen LogP contribution in [0.4, 0.5) is 5.69 Å². The van der Waals surface area contributed by atoms with Crippen LogP contribution in [0.3, 0.4) is 0 Å². The first kappa shape index (κ1) is 24.8. The lowest BCUT2D eigenvalue weighted by molar-refractivity contribution is 0.0936. The number of para-hydroxylation sites is 1. The molecule has 0 aromatic heterocycles. The first-order chi connectivity index (χ1) is 14.8. The Morgan fingerprint density at radius 1 is 1.10 bits per heavy atom. The Hall–Kier alpha value is -2.49. The van der Waals surface area contributed by atoms with Crippen LogP contribution >= 0.6 is 28.1 Å². The number of hydrogen-bond donors (Lipinski definition) is 3. The normalized spacial score (nSPS) is 10.5. The fourth-order valence-corrected chi connectivity index (χ4v) is 3.10. The van der Waals surface area contributed by atoms with Gasteiger partial charge in [0.1, 0.15) is 5.75 Å². The summed E-state index contributed by atoms with van der Waals surface area (Å²) >= 11 is 8.68. The number of methoxy groups -OCH3 is 1. The van der Waals surface area contributed by atoms with Gasteiger partial charge in [-0.05, 0) is 48.5 Å². The molecule has 0 spiro atoms. The molecule has 2 rings (SSSR count). The van der Waals surface area contributed by atoms with E-state index in [1.54, 1.807) is 49.6 Å². The smallest absolute Gasteiger partial charge is 0.261 e. The van der Waals surface area contributed by atoms with Gasteiger partial charge in [0.2, 0.25) is 0 Å². The molecule has 0 bridgehead atoms. The summed E-state index contributed by atoms with van der Waals surface area (Å²) in [6, 6.07) is 12.1. The Balaban J connectivity index is 2.09. The van der Waals surface area contributed by atoms with Gasteiger partial charge in [0.25, 0.3) is 11.8 Å². The van der Waals surface area contributed by atoms with Gasteiger partial charge in [0.05, 0.1) is 30.0 Å². The molecule has 166 valence electrons. The number of benzene rings is 2. The van der Waals surface area contributed by atoms with Crippen molar-refractivity contribution < 1.29 is 19.1 Å². The highest BCUT2D eigenvalue weighted by atomic mass is 79.9. The van der Waals surface area contributed by atoms with Gasteiger partial charge in [-0.3, -0.25) is 14.9 Å². The number of amides is 2. The predicted molar refractivity (Wildman–Crippen MR) is 129 cm³/mol. The highest BCUT2D eigenvalue weighted by molar-refractivity contribution is 9.10. The molecule has 0 aliphatic carbocycles. The number of carbonyl (C=O) groups is 2. The fourth-order valence-electron chi connectivity index (χ4n) is 2.54. The summed E-state index contributed by atoms with van der Waals surface area (Å²) in [4.78, 5) is 25.2. The molecule has 2 aromatic carbocycles. The van der Waals surface area contributed by atoms with Crippen molar-refractivity contribution in [1.29, 1.82) is 0 Å². The van der Waals surface area contributed by atoms with Crippen molar-refractivity contribution in [1.82, 2.24) is 10.6 Å². The Morgan fingerprint density at radius 3 is 2.55 bits per heavy atom. The Morgan fingerprint density at radius 2 is 1.84 bits per heavy atom. The van der Waals surface area contributed by atoms with Gasteiger partial charge in [0, 0.05) is 18.1 Å². The molecule has 31 heavy (non-hydrogen) atoms. The number of ether oxygens (including phenoxy) is 2. The monoisotopic (exact) mass is 507 g/mol. The molecule has 9 heteroatoms. The second-order valence-corrected chi connectivity index (χ2v) is 8.37. The molecule has 2 amide bonds. The zero-order valence-corrected chi connectivity index (χ0v) is 20.1. The van der Waals surface area contributed by atoms with Crippen LogP contribution in [-0.4, -0.2) is 43.8 Å². The van der Waals surface area contributed by atoms with Crippen LogP contribution in [0.1, 0.15) is 34.6 Å². The molecule has 0 aliphatic rings. The predicted octanol–water partition coefficient (Wildman–Crippen LogP) is 3.99. The van der Waals surface area contributed by atoms with Crippen molar-refractivity contribution in [2.45, 2.75) is 13.8 Å². The van der Waals surface area contributed by atoms with E-state index in [1.807, 2.05) is 13.8 Å². The van der Waals surface area contributed by atoms with E-state index in [-0.39, 0.29) is 11.0 Å². The first-order valence-electron chi connectivity index (χ1n) is 9.72. The molecule has 0 unspecified atom stereocenters. The van der Waals surface area contributed by atoms with Gasteiger partial charge in [-0.2, -0.15) is 0 Å². The minimum absolute atomic E-state index is 0.0666. The standard InChI is InChI=1S/C22H26BrN3O4S/c1-14(2)13-30-19-9-8-15(23)12-17(19)21(28)26-22(31)25-18-7-5-4-6-16(18)20(27)24-10-11-29-3/h4-9,12,14H,10-11,13H2,1-3H3,(H,24,27)(H2,25,26,28,31). The fraction of sp³-hybridized carbons (Fsp3) is 0.318. The summed E-state index contributed by atoms with van der Waals surface area (Å²) in [6.07, 6.45) is 0. The highest BCUT2D eigenvalue weighted by Crippen LogP contribution is 2.24. The third kappa shape index (κ3) is 7.93. The zero-order valence-electron chi connectivity index (χ0n) is 17.7. The number of hydrogen-bond acceptors (Lipinski definition) is 5. The summed E-state index contributed by atoms with van der Waals surface area (Å²) in [5, 5.41) is 8.40. The van der Waals surface area contributed by atoms with E-state index in [9.17, 15) is 9.59 Å². The maximum atomic E-state index is 12.8. The van der Waals surface area contributed by atoms with Gasteiger partial charge in [0.15, 0.2) is 5.11 Å². The van der Waals surface area contributed by atoms with Gasteiger partial charge >= 0.3 is 0 Å². The largest absolute Gasteiger partial charge is 0.492 e. The van der Waals surface area contributed by atoms with E-state index >= 15 is 0 Å². The van der Waals surface area contributed by atoms with E-state index in [0.717, 1.165) is 4.47 Å². The van der Waals surface area contributed by atoms with Crippen molar-refractivity contribution in [2.24, 2.45) is 5.92 Å². The van der Waals surface area contributed by atoms with E-state index in [0.29, 0.717) is 48.2 Å². The summed E-state index contributed by atoms with van der Waals surface area (Å²) in [5.41, 5.74) is 1.23. The number of nitrogens with one attached hydrogen (secondary N) is 3. The third-order valence-corrected chi connectivity index (χ3v) is 4.69. The zero-order chi connectivity index (χ0) is 22.8. The highest BCUT2D eigenvalue weighted by Gasteiger charge is 2.17. The van der Waals surface area contributed by atoms with Crippen LogP contribution in [0, 0.1) is 5.92 Å². The van der Waals surface area contributed by atoms with Gasteiger partial charge in [-0.25, -0.2) is 0 Å². The second-order valence-electron chi connectivity index (χ2n) is 7.05. The molecule has 3 N–H and O–H groups in total. The molecular formula is C22H26BrN3O4S.